The Labute approximate surface area is 226 Å². The van der Waals surface area contributed by atoms with Crippen LogP contribution in [0, 0.1) is 11.3 Å². The summed E-state index contributed by atoms with van der Waals surface area (Å²) in [5.74, 6) is 0.0641. The SMILES string of the molecule is O=C(NCc1cc(C(F)(F)F)cc(C(F)(F)F)c1)C1(CC2CC2)CCN(Cc2cccc3c(=O)[nH]ccc23)CC1. The van der Waals surface area contributed by atoms with Gasteiger partial charge in [-0.25, -0.2) is 0 Å². The molecule has 1 amide bonds. The van der Waals surface area contributed by atoms with Crippen molar-refractivity contribution < 1.29 is 31.1 Å². The minimum atomic E-state index is -4.95. The smallest absolute Gasteiger partial charge is 0.352 e. The average molecular weight is 566 g/mol. The summed E-state index contributed by atoms with van der Waals surface area (Å²) < 4.78 is 79.6. The number of benzene rings is 2. The fraction of sp³-hybridized carbons (Fsp3) is 0.448. The van der Waals surface area contributed by atoms with Crippen LogP contribution in [0.3, 0.4) is 0 Å². The van der Waals surface area contributed by atoms with Crippen LogP contribution in [0.1, 0.15) is 54.4 Å². The van der Waals surface area contributed by atoms with E-state index >= 15 is 0 Å². The number of amides is 1. The maximum absolute atomic E-state index is 13.5. The van der Waals surface area contributed by atoms with E-state index in [4.69, 9.17) is 0 Å². The Morgan fingerprint density at radius 2 is 1.60 bits per heavy atom. The molecule has 2 N–H and O–H groups in total. The van der Waals surface area contributed by atoms with E-state index in [-0.39, 0.29) is 23.1 Å². The van der Waals surface area contributed by atoms with Crippen molar-refractivity contribution in [1.82, 2.24) is 15.2 Å². The van der Waals surface area contributed by atoms with Crippen LogP contribution in [0.5, 0.6) is 0 Å². The van der Waals surface area contributed by atoms with Crippen molar-refractivity contribution in [1.29, 1.82) is 0 Å². The summed E-state index contributed by atoms with van der Waals surface area (Å²) in [6.45, 7) is 1.36. The molecule has 11 heteroatoms. The second-order valence-electron chi connectivity index (χ2n) is 11.0. The Morgan fingerprint density at radius 3 is 2.20 bits per heavy atom. The van der Waals surface area contributed by atoms with Crippen LogP contribution >= 0.6 is 0 Å². The number of hydrogen-bond donors (Lipinski definition) is 2. The standard InChI is InChI=1S/C29H29F6N3O2/c30-28(31,32)21-12-19(13-22(14-21)29(33,34)35)16-37-26(40)27(15-18-4-5-18)7-10-38(11-8-27)17-20-2-1-3-24-23(20)6-9-36-25(24)39/h1-3,6,9,12-14,18H,4-5,7-8,10-11,15-17H2,(H,36,39)(H,37,40). The lowest BCUT2D eigenvalue weighted by Crippen LogP contribution is -2.48. The van der Waals surface area contributed by atoms with Gasteiger partial charge in [-0.15, -0.1) is 0 Å². The molecule has 5 rings (SSSR count). The van der Waals surface area contributed by atoms with Crippen LogP contribution in [-0.2, 0) is 30.2 Å². The molecular weight excluding hydrogens is 536 g/mol. The van der Waals surface area contributed by atoms with Gasteiger partial charge in [0.2, 0.25) is 5.91 Å². The highest BCUT2D eigenvalue weighted by Gasteiger charge is 2.45. The number of carbonyl (C=O) groups excluding carboxylic acids is 1. The fourth-order valence-electron chi connectivity index (χ4n) is 5.69. The summed E-state index contributed by atoms with van der Waals surface area (Å²) in [5.41, 5.74) is -2.96. The van der Waals surface area contributed by atoms with Gasteiger partial charge in [-0.3, -0.25) is 14.5 Å². The maximum Gasteiger partial charge on any atom is 0.416 e. The van der Waals surface area contributed by atoms with Crippen molar-refractivity contribution in [3.8, 4) is 0 Å². The van der Waals surface area contributed by atoms with E-state index in [9.17, 15) is 35.9 Å². The number of aromatic nitrogens is 1. The maximum atomic E-state index is 13.5. The zero-order valence-corrected chi connectivity index (χ0v) is 21.6. The first-order chi connectivity index (χ1) is 18.8. The van der Waals surface area contributed by atoms with Crippen LogP contribution < -0.4 is 10.9 Å². The normalized spacial score (nSPS) is 18.1. The third kappa shape index (κ3) is 6.19. The predicted octanol–water partition coefficient (Wildman–Crippen LogP) is 6.26. The minimum absolute atomic E-state index is 0.0850. The second kappa shape index (κ2) is 10.6. The van der Waals surface area contributed by atoms with Gasteiger partial charge in [-0.2, -0.15) is 26.3 Å². The monoisotopic (exact) mass is 565 g/mol. The van der Waals surface area contributed by atoms with Crippen LogP contribution in [0.25, 0.3) is 10.8 Å². The summed E-state index contributed by atoms with van der Waals surface area (Å²) in [7, 11) is 0. The zero-order valence-electron chi connectivity index (χ0n) is 21.6. The number of aromatic amines is 1. The second-order valence-corrected chi connectivity index (χ2v) is 11.0. The molecule has 40 heavy (non-hydrogen) atoms. The van der Waals surface area contributed by atoms with Gasteiger partial charge in [0.25, 0.3) is 5.56 Å². The van der Waals surface area contributed by atoms with Crippen molar-refractivity contribution in [3.63, 3.8) is 0 Å². The number of H-pyrrole nitrogens is 1. The zero-order chi connectivity index (χ0) is 28.7. The molecule has 3 aromatic rings. The van der Waals surface area contributed by atoms with Crippen molar-refractivity contribution in [2.75, 3.05) is 13.1 Å². The van der Waals surface area contributed by atoms with Gasteiger partial charge in [0.05, 0.1) is 16.5 Å². The number of nitrogens with one attached hydrogen (secondary N) is 2. The number of halogens is 6. The lowest BCUT2D eigenvalue weighted by Gasteiger charge is -2.41. The van der Waals surface area contributed by atoms with Crippen LogP contribution in [-0.4, -0.2) is 28.9 Å². The third-order valence-corrected chi connectivity index (χ3v) is 8.07. The van der Waals surface area contributed by atoms with Crippen molar-refractivity contribution in [2.45, 2.75) is 57.5 Å². The van der Waals surface area contributed by atoms with E-state index in [1.165, 1.54) is 0 Å². The molecule has 5 nitrogen and oxygen atoms in total. The topological polar surface area (TPSA) is 65.2 Å². The first-order valence-electron chi connectivity index (χ1n) is 13.2. The molecule has 0 unspecified atom stereocenters. The van der Waals surface area contributed by atoms with Crippen LogP contribution in [0.4, 0.5) is 26.3 Å². The minimum Gasteiger partial charge on any atom is -0.352 e. The van der Waals surface area contributed by atoms with Gasteiger partial charge in [0.15, 0.2) is 0 Å². The summed E-state index contributed by atoms with van der Waals surface area (Å²) in [5, 5.41) is 4.12. The number of fused-ring (bicyclic) bond motifs is 1. The molecule has 0 radical (unpaired) electrons. The molecular formula is C29H29F6N3O2. The van der Waals surface area contributed by atoms with E-state index in [0.717, 1.165) is 23.8 Å². The number of nitrogens with zero attached hydrogens (tertiary/aromatic N) is 1. The molecule has 2 fully saturated rings. The highest BCUT2D eigenvalue weighted by atomic mass is 19.4. The largest absolute Gasteiger partial charge is 0.416 e. The number of likely N-dealkylation sites (tertiary alicyclic amines) is 1. The Kier molecular flexibility index (Phi) is 7.45. The molecule has 1 aliphatic carbocycles. The van der Waals surface area contributed by atoms with Gasteiger partial charge in [0.1, 0.15) is 0 Å². The Balaban J connectivity index is 1.29. The molecule has 214 valence electrons. The summed E-state index contributed by atoms with van der Waals surface area (Å²) in [4.78, 5) is 30.5. The van der Waals surface area contributed by atoms with Crippen molar-refractivity contribution in [2.24, 2.45) is 11.3 Å². The van der Waals surface area contributed by atoms with E-state index in [0.29, 0.717) is 62.3 Å². The van der Waals surface area contributed by atoms with E-state index < -0.39 is 35.4 Å². The number of rotatable bonds is 7. The molecule has 2 aromatic carbocycles. The van der Waals surface area contributed by atoms with Gasteiger partial charge >= 0.3 is 12.4 Å². The van der Waals surface area contributed by atoms with Crippen molar-refractivity contribution >= 4 is 16.7 Å². The number of piperidine rings is 1. The fourth-order valence-corrected chi connectivity index (χ4v) is 5.69. The summed E-state index contributed by atoms with van der Waals surface area (Å²) in [6.07, 6.45) is -4.58. The van der Waals surface area contributed by atoms with Gasteiger partial charge in [-0.05, 0) is 85.1 Å². The van der Waals surface area contributed by atoms with Crippen LogP contribution in [0.15, 0.2) is 53.5 Å². The van der Waals surface area contributed by atoms with Gasteiger partial charge in [0, 0.05) is 24.7 Å². The Hall–Kier alpha value is -3.34. The quantitative estimate of drug-likeness (QED) is 0.332. The Bertz CT molecular complexity index is 1420. The molecule has 1 aliphatic heterocycles. The third-order valence-electron chi connectivity index (χ3n) is 8.07. The number of carbonyl (C=O) groups is 1. The van der Waals surface area contributed by atoms with Crippen LogP contribution in [0.2, 0.25) is 0 Å². The summed E-state index contributed by atoms with van der Waals surface area (Å²) >= 11 is 0. The first kappa shape index (κ1) is 28.2. The van der Waals surface area contributed by atoms with E-state index in [1.807, 2.05) is 18.2 Å². The average Bonchev–Trinajstić information content (AvgIpc) is 3.72. The first-order valence-corrected chi connectivity index (χ1v) is 13.2. The number of hydrogen-bond acceptors (Lipinski definition) is 3. The molecule has 2 heterocycles. The van der Waals surface area contributed by atoms with Crippen molar-refractivity contribution in [3.05, 3.63) is 81.3 Å². The lowest BCUT2D eigenvalue weighted by molar-refractivity contribution is -0.143. The van der Waals surface area contributed by atoms with Gasteiger partial charge in [-0.1, -0.05) is 25.0 Å². The summed E-state index contributed by atoms with van der Waals surface area (Å²) in [6, 6.07) is 8.81. The molecule has 0 spiro atoms. The number of pyridine rings is 1. The molecule has 1 saturated heterocycles. The molecule has 1 aromatic heterocycles. The van der Waals surface area contributed by atoms with Gasteiger partial charge < -0.3 is 10.3 Å². The predicted molar refractivity (Wildman–Crippen MR) is 137 cm³/mol. The number of alkyl halides is 6. The lowest BCUT2D eigenvalue weighted by atomic mass is 9.73. The highest BCUT2D eigenvalue weighted by molar-refractivity contribution is 5.85. The molecule has 1 saturated carbocycles. The van der Waals surface area contributed by atoms with E-state index in [1.54, 1.807) is 12.3 Å². The molecule has 0 bridgehead atoms. The van der Waals surface area contributed by atoms with E-state index in [2.05, 4.69) is 15.2 Å². The highest BCUT2D eigenvalue weighted by Crippen LogP contribution is 2.46. The molecule has 0 atom stereocenters. The molecule has 2 aliphatic rings. The Morgan fingerprint density at radius 1 is 0.950 bits per heavy atom.